The molecular weight excluding hydrogens is 191 g/mol. The Morgan fingerprint density at radius 2 is 2.33 bits per heavy atom. The van der Waals surface area contributed by atoms with Crippen LogP contribution in [0.1, 0.15) is 18.0 Å². The van der Waals surface area contributed by atoms with E-state index in [0.29, 0.717) is 0 Å². The van der Waals surface area contributed by atoms with Gasteiger partial charge in [-0.2, -0.15) is 0 Å². The Morgan fingerprint density at radius 3 is 3.00 bits per heavy atom. The number of anilines is 1. The van der Waals surface area contributed by atoms with Crippen molar-refractivity contribution in [3.05, 3.63) is 29.8 Å². The molecule has 1 aliphatic rings. The SMILES string of the molecule is CN1CCC(CF)C1c1cccc(N)c1. The molecule has 2 nitrogen and oxygen atoms in total. The monoisotopic (exact) mass is 208 g/mol. The van der Waals surface area contributed by atoms with Gasteiger partial charge in [-0.3, -0.25) is 9.29 Å². The van der Waals surface area contributed by atoms with E-state index in [0.717, 1.165) is 24.2 Å². The summed E-state index contributed by atoms with van der Waals surface area (Å²) in [7, 11) is 2.05. The van der Waals surface area contributed by atoms with Gasteiger partial charge < -0.3 is 5.73 Å². The van der Waals surface area contributed by atoms with E-state index in [9.17, 15) is 4.39 Å². The van der Waals surface area contributed by atoms with Crippen LogP contribution in [-0.4, -0.2) is 25.2 Å². The predicted molar refractivity (Wildman–Crippen MR) is 60.3 cm³/mol. The Hall–Kier alpha value is -1.09. The van der Waals surface area contributed by atoms with Gasteiger partial charge in [-0.05, 0) is 37.7 Å². The number of nitrogens with zero attached hydrogens (tertiary/aromatic N) is 1. The first-order valence-electron chi connectivity index (χ1n) is 5.34. The van der Waals surface area contributed by atoms with Crippen LogP contribution in [0.4, 0.5) is 10.1 Å². The van der Waals surface area contributed by atoms with Gasteiger partial charge in [0.05, 0.1) is 6.67 Å². The number of benzene rings is 1. The summed E-state index contributed by atoms with van der Waals surface area (Å²) < 4.78 is 12.8. The lowest BCUT2D eigenvalue weighted by molar-refractivity contribution is 0.245. The number of hydrogen-bond acceptors (Lipinski definition) is 2. The Kier molecular flexibility index (Phi) is 2.91. The van der Waals surface area contributed by atoms with Gasteiger partial charge in [-0.1, -0.05) is 12.1 Å². The van der Waals surface area contributed by atoms with Crippen molar-refractivity contribution in [1.29, 1.82) is 0 Å². The Morgan fingerprint density at radius 1 is 1.53 bits per heavy atom. The quantitative estimate of drug-likeness (QED) is 0.755. The summed E-state index contributed by atoms with van der Waals surface area (Å²) >= 11 is 0. The van der Waals surface area contributed by atoms with Crippen LogP contribution in [0.15, 0.2) is 24.3 Å². The molecule has 1 aliphatic heterocycles. The molecule has 0 amide bonds. The minimum absolute atomic E-state index is 0.122. The predicted octanol–water partition coefficient (Wildman–Crippen LogP) is 2.23. The van der Waals surface area contributed by atoms with E-state index in [1.807, 2.05) is 31.3 Å². The molecule has 0 bridgehead atoms. The summed E-state index contributed by atoms with van der Waals surface area (Å²) in [5, 5.41) is 0. The largest absolute Gasteiger partial charge is 0.399 e. The van der Waals surface area contributed by atoms with Gasteiger partial charge in [-0.15, -0.1) is 0 Å². The van der Waals surface area contributed by atoms with E-state index in [2.05, 4.69) is 4.90 Å². The Labute approximate surface area is 89.9 Å². The summed E-state index contributed by atoms with van der Waals surface area (Å²) in [6, 6.07) is 7.98. The molecule has 82 valence electrons. The van der Waals surface area contributed by atoms with E-state index in [4.69, 9.17) is 5.73 Å². The molecule has 0 saturated carbocycles. The number of nitrogen functional groups attached to an aromatic ring is 1. The second-order valence-electron chi connectivity index (χ2n) is 4.30. The number of nitrogens with two attached hydrogens (primary N) is 1. The highest BCUT2D eigenvalue weighted by atomic mass is 19.1. The van der Waals surface area contributed by atoms with Crippen LogP contribution in [0.5, 0.6) is 0 Å². The molecule has 1 saturated heterocycles. The normalized spacial score (nSPS) is 27.1. The molecule has 2 N–H and O–H groups in total. The van der Waals surface area contributed by atoms with Gasteiger partial charge in [0.15, 0.2) is 0 Å². The molecule has 2 unspecified atom stereocenters. The third kappa shape index (κ3) is 1.97. The van der Waals surface area contributed by atoms with Gasteiger partial charge in [0.1, 0.15) is 0 Å². The van der Waals surface area contributed by atoms with Crippen molar-refractivity contribution in [1.82, 2.24) is 4.90 Å². The van der Waals surface area contributed by atoms with Crippen LogP contribution in [0.3, 0.4) is 0 Å². The van der Waals surface area contributed by atoms with Gasteiger partial charge in [0, 0.05) is 17.6 Å². The van der Waals surface area contributed by atoms with Gasteiger partial charge in [0.25, 0.3) is 0 Å². The Bertz CT molecular complexity index is 340. The smallest absolute Gasteiger partial charge is 0.0941 e. The fraction of sp³-hybridized carbons (Fsp3) is 0.500. The molecule has 0 spiro atoms. The molecule has 0 aromatic heterocycles. The van der Waals surface area contributed by atoms with Crippen LogP contribution in [0, 0.1) is 5.92 Å². The zero-order chi connectivity index (χ0) is 10.8. The first kappa shape index (κ1) is 10.4. The summed E-state index contributed by atoms with van der Waals surface area (Å²) in [5.41, 5.74) is 7.64. The van der Waals surface area contributed by atoms with Crippen molar-refractivity contribution < 1.29 is 4.39 Å². The van der Waals surface area contributed by atoms with E-state index < -0.39 is 0 Å². The highest BCUT2D eigenvalue weighted by molar-refractivity contribution is 5.42. The molecule has 3 heteroatoms. The third-order valence-electron chi connectivity index (χ3n) is 3.22. The number of likely N-dealkylation sites (tertiary alicyclic amines) is 1. The fourth-order valence-electron chi connectivity index (χ4n) is 2.46. The highest BCUT2D eigenvalue weighted by Gasteiger charge is 2.32. The third-order valence-corrected chi connectivity index (χ3v) is 3.22. The standard InChI is InChI=1S/C12H17FN2/c1-15-6-5-10(8-13)12(15)9-3-2-4-11(14)7-9/h2-4,7,10,12H,5-6,8,14H2,1H3. The molecule has 0 radical (unpaired) electrons. The lowest BCUT2D eigenvalue weighted by atomic mass is 9.95. The fourth-order valence-corrected chi connectivity index (χ4v) is 2.46. The van der Waals surface area contributed by atoms with E-state index in [1.54, 1.807) is 0 Å². The second kappa shape index (κ2) is 4.19. The molecule has 15 heavy (non-hydrogen) atoms. The van der Waals surface area contributed by atoms with Crippen LogP contribution >= 0.6 is 0 Å². The lowest BCUT2D eigenvalue weighted by Gasteiger charge is -2.24. The van der Waals surface area contributed by atoms with Crippen LogP contribution in [0.2, 0.25) is 0 Å². The van der Waals surface area contributed by atoms with Crippen molar-refractivity contribution in [2.75, 3.05) is 26.0 Å². The van der Waals surface area contributed by atoms with E-state index >= 15 is 0 Å². The zero-order valence-electron chi connectivity index (χ0n) is 8.99. The van der Waals surface area contributed by atoms with Gasteiger partial charge >= 0.3 is 0 Å². The molecular formula is C12H17FN2. The molecule has 1 fully saturated rings. The highest BCUT2D eigenvalue weighted by Crippen LogP contribution is 2.36. The number of alkyl halides is 1. The molecule has 2 rings (SSSR count). The zero-order valence-corrected chi connectivity index (χ0v) is 8.99. The summed E-state index contributed by atoms with van der Waals surface area (Å²) in [6.45, 7) is 0.720. The lowest BCUT2D eigenvalue weighted by Crippen LogP contribution is -2.22. The van der Waals surface area contributed by atoms with Crippen molar-refractivity contribution in [2.24, 2.45) is 5.92 Å². The van der Waals surface area contributed by atoms with E-state index in [1.165, 1.54) is 0 Å². The molecule has 1 aromatic rings. The van der Waals surface area contributed by atoms with Crippen LogP contribution in [-0.2, 0) is 0 Å². The van der Waals surface area contributed by atoms with E-state index in [-0.39, 0.29) is 18.6 Å². The average molecular weight is 208 g/mol. The maximum absolute atomic E-state index is 12.8. The van der Waals surface area contributed by atoms with Gasteiger partial charge in [-0.25, -0.2) is 0 Å². The van der Waals surface area contributed by atoms with Crippen LogP contribution < -0.4 is 5.73 Å². The topological polar surface area (TPSA) is 29.3 Å². The van der Waals surface area contributed by atoms with Crippen molar-refractivity contribution in [3.63, 3.8) is 0 Å². The molecule has 0 aliphatic carbocycles. The van der Waals surface area contributed by atoms with Crippen molar-refractivity contribution in [2.45, 2.75) is 12.5 Å². The number of rotatable bonds is 2. The number of halogens is 1. The number of hydrogen-bond donors (Lipinski definition) is 1. The minimum atomic E-state index is -0.246. The minimum Gasteiger partial charge on any atom is -0.399 e. The van der Waals surface area contributed by atoms with Gasteiger partial charge in [0.2, 0.25) is 0 Å². The van der Waals surface area contributed by atoms with Crippen molar-refractivity contribution in [3.8, 4) is 0 Å². The maximum Gasteiger partial charge on any atom is 0.0941 e. The second-order valence-corrected chi connectivity index (χ2v) is 4.30. The Balaban J connectivity index is 2.28. The summed E-state index contributed by atoms with van der Waals surface area (Å²) in [4.78, 5) is 2.21. The summed E-state index contributed by atoms with van der Waals surface area (Å²) in [5.74, 6) is 0.122. The first-order valence-corrected chi connectivity index (χ1v) is 5.34. The maximum atomic E-state index is 12.8. The summed E-state index contributed by atoms with van der Waals surface area (Å²) in [6.07, 6.45) is 0.937. The van der Waals surface area contributed by atoms with Crippen LogP contribution in [0.25, 0.3) is 0 Å². The van der Waals surface area contributed by atoms with Crippen molar-refractivity contribution >= 4 is 5.69 Å². The first-order chi connectivity index (χ1) is 7.22. The molecule has 1 heterocycles. The molecule has 2 atom stereocenters. The molecule has 1 aromatic carbocycles. The average Bonchev–Trinajstić information content (AvgIpc) is 2.59.